The fourth-order valence-corrected chi connectivity index (χ4v) is 2.59. The molecule has 1 aliphatic heterocycles. The van der Waals surface area contributed by atoms with Crippen molar-refractivity contribution in [3.8, 4) is 0 Å². The summed E-state index contributed by atoms with van der Waals surface area (Å²) in [6, 6.07) is 0. The zero-order chi connectivity index (χ0) is 18.1. The summed E-state index contributed by atoms with van der Waals surface area (Å²) in [5.74, 6) is -1.50. The van der Waals surface area contributed by atoms with Gasteiger partial charge in [-0.05, 0) is 13.3 Å². The van der Waals surface area contributed by atoms with Crippen LogP contribution in [0.1, 0.15) is 59.3 Å². The lowest BCUT2D eigenvalue weighted by Crippen LogP contribution is -2.58. The van der Waals surface area contributed by atoms with E-state index in [9.17, 15) is 14.4 Å². The summed E-state index contributed by atoms with van der Waals surface area (Å²) < 4.78 is 5.25. The molecule has 0 aliphatic carbocycles. The van der Waals surface area contributed by atoms with Gasteiger partial charge in [-0.25, -0.2) is 4.79 Å². The first-order valence-corrected chi connectivity index (χ1v) is 8.68. The Hall–Kier alpha value is -1.89. The molecular formula is C17H29N3O4. The van der Waals surface area contributed by atoms with Gasteiger partial charge >= 0.3 is 5.97 Å². The van der Waals surface area contributed by atoms with E-state index in [0.29, 0.717) is 13.2 Å². The number of carbonyl (C=O) groups is 3. The van der Waals surface area contributed by atoms with E-state index in [0.717, 1.165) is 24.2 Å². The van der Waals surface area contributed by atoms with Crippen LogP contribution in [-0.2, 0) is 19.1 Å². The maximum Gasteiger partial charge on any atom is 0.356 e. The number of hydrogen-bond acceptors (Lipinski definition) is 5. The van der Waals surface area contributed by atoms with Gasteiger partial charge in [0.25, 0.3) is 5.91 Å². The number of amides is 2. The molecule has 1 unspecified atom stereocenters. The van der Waals surface area contributed by atoms with Gasteiger partial charge in [0.05, 0.1) is 6.61 Å². The molecule has 1 atom stereocenters. The maximum absolute atomic E-state index is 12.3. The molecule has 1 rings (SSSR count). The van der Waals surface area contributed by atoms with Crippen molar-refractivity contribution in [1.82, 2.24) is 9.80 Å². The van der Waals surface area contributed by atoms with E-state index in [1.54, 1.807) is 6.92 Å². The van der Waals surface area contributed by atoms with Gasteiger partial charge < -0.3 is 15.4 Å². The third kappa shape index (κ3) is 5.33. The van der Waals surface area contributed by atoms with E-state index in [1.165, 1.54) is 37.3 Å². The Kier molecular flexibility index (Phi) is 8.46. The predicted octanol–water partition coefficient (Wildman–Crippen LogP) is 1.73. The Labute approximate surface area is 143 Å². The highest BCUT2D eigenvalue weighted by molar-refractivity contribution is 5.99. The minimum Gasteiger partial charge on any atom is -0.461 e. The number of nitrogens with zero attached hydrogens (tertiary/aromatic N) is 2. The molecule has 1 heterocycles. The first kappa shape index (κ1) is 20.2. The van der Waals surface area contributed by atoms with Gasteiger partial charge in [-0.1, -0.05) is 39.0 Å². The van der Waals surface area contributed by atoms with Crippen LogP contribution in [0.25, 0.3) is 0 Å². The Morgan fingerprint density at radius 3 is 2.38 bits per heavy atom. The highest BCUT2D eigenvalue weighted by Crippen LogP contribution is 2.19. The minimum atomic E-state index is -1.19. The monoisotopic (exact) mass is 339 g/mol. The molecule has 0 spiro atoms. The summed E-state index contributed by atoms with van der Waals surface area (Å²) in [5.41, 5.74) is 5.82. The van der Waals surface area contributed by atoms with E-state index in [-0.39, 0.29) is 5.70 Å². The lowest BCUT2D eigenvalue weighted by molar-refractivity contribution is -0.150. The molecule has 0 aromatic heterocycles. The summed E-state index contributed by atoms with van der Waals surface area (Å²) in [5, 5.41) is 0. The predicted molar refractivity (Wildman–Crippen MR) is 90.3 cm³/mol. The standard InChI is InChI=1S/C17H29N3O4/c1-4-6-7-8-9-10-11-24-17(23)14-12-19(5-2)16(22)15(18)20(14)13(3)21/h12,15H,4-11,18H2,1-3H3. The first-order chi connectivity index (χ1) is 11.4. The summed E-state index contributed by atoms with van der Waals surface area (Å²) >= 11 is 0. The van der Waals surface area contributed by atoms with Crippen molar-refractivity contribution in [3.63, 3.8) is 0 Å². The van der Waals surface area contributed by atoms with Gasteiger partial charge in [0.1, 0.15) is 5.70 Å². The normalized spacial score (nSPS) is 17.8. The summed E-state index contributed by atoms with van der Waals surface area (Å²) in [4.78, 5) is 38.4. The largest absolute Gasteiger partial charge is 0.461 e. The molecule has 0 saturated carbocycles. The van der Waals surface area contributed by atoms with Crippen LogP contribution in [0.2, 0.25) is 0 Å². The molecule has 7 nitrogen and oxygen atoms in total. The third-order valence-corrected chi connectivity index (χ3v) is 3.97. The van der Waals surface area contributed by atoms with Crippen LogP contribution >= 0.6 is 0 Å². The molecule has 1 aliphatic rings. The topological polar surface area (TPSA) is 92.9 Å². The van der Waals surface area contributed by atoms with Gasteiger partial charge in [0, 0.05) is 19.7 Å². The van der Waals surface area contributed by atoms with Gasteiger partial charge in [0.15, 0.2) is 6.17 Å². The van der Waals surface area contributed by atoms with Crippen molar-refractivity contribution in [2.24, 2.45) is 5.73 Å². The van der Waals surface area contributed by atoms with Crippen molar-refractivity contribution < 1.29 is 19.1 Å². The lowest BCUT2D eigenvalue weighted by atomic mass is 10.1. The van der Waals surface area contributed by atoms with Gasteiger partial charge in [-0.15, -0.1) is 0 Å². The summed E-state index contributed by atoms with van der Waals surface area (Å²) in [7, 11) is 0. The van der Waals surface area contributed by atoms with Crippen molar-refractivity contribution in [1.29, 1.82) is 0 Å². The number of likely N-dealkylation sites (N-methyl/N-ethyl adjacent to an activating group) is 1. The fraction of sp³-hybridized carbons (Fsp3) is 0.706. The number of rotatable bonds is 9. The summed E-state index contributed by atoms with van der Waals surface area (Å²) in [6.07, 6.45) is 6.66. The maximum atomic E-state index is 12.3. The van der Waals surface area contributed by atoms with Crippen LogP contribution in [0.3, 0.4) is 0 Å². The molecule has 136 valence electrons. The lowest BCUT2D eigenvalue weighted by Gasteiger charge is -2.35. The van der Waals surface area contributed by atoms with Crippen LogP contribution in [0.15, 0.2) is 11.9 Å². The van der Waals surface area contributed by atoms with Crippen LogP contribution in [0.5, 0.6) is 0 Å². The SMILES string of the molecule is CCCCCCCCOC(=O)C1=CN(CC)C(=O)C(N)N1C(C)=O. The summed E-state index contributed by atoms with van der Waals surface area (Å²) in [6.45, 7) is 5.86. The number of unbranched alkanes of at least 4 members (excludes halogenated alkanes) is 5. The van der Waals surface area contributed by atoms with E-state index < -0.39 is 23.9 Å². The molecule has 2 N–H and O–H groups in total. The number of hydrogen-bond donors (Lipinski definition) is 1. The fourth-order valence-electron chi connectivity index (χ4n) is 2.59. The highest BCUT2D eigenvalue weighted by Gasteiger charge is 2.38. The zero-order valence-electron chi connectivity index (χ0n) is 14.9. The molecule has 2 amide bonds. The number of nitrogens with two attached hydrogens (primary N) is 1. The van der Waals surface area contributed by atoms with Crippen molar-refractivity contribution in [2.45, 2.75) is 65.5 Å². The van der Waals surface area contributed by atoms with Gasteiger partial charge in [0.2, 0.25) is 5.91 Å². The minimum absolute atomic E-state index is 0.0161. The molecule has 0 radical (unpaired) electrons. The zero-order valence-corrected chi connectivity index (χ0v) is 14.9. The Balaban J connectivity index is 2.61. The van der Waals surface area contributed by atoms with Gasteiger partial charge in [-0.3, -0.25) is 14.5 Å². The second-order valence-electron chi connectivity index (χ2n) is 5.88. The Morgan fingerprint density at radius 1 is 1.17 bits per heavy atom. The van der Waals surface area contributed by atoms with Crippen LogP contribution in [-0.4, -0.2) is 46.9 Å². The van der Waals surface area contributed by atoms with Crippen molar-refractivity contribution >= 4 is 17.8 Å². The molecule has 0 bridgehead atoms. The number of carbonyl (C=O) groups excluding carboxylic acids is 3. The average molecular weight is 339 g/mol. The molecule has 0 saturated heterocycles. The van der Waals surface area contributed by atoms with Crippen molar-refractivity contribution in [2.75, 3.05) is 13.2 Å². The first-order valence-electron chi connectivity index (χ1n) is 8.68. The number of ether oxygens (including phenoxy) is 1. The molecule has 24 heavy (non-hydrogen) atoms. The highest BCUT2D eigenvalue weighted by atomic mass is 16.5. The second kappa shape index (κ2) is 10.1. The molecular weight excluding hydrogens is 310 g/mol. The molecule has 7 heteroatoms. The third-order valence-electron chi connectivity index (χ3n) is 3.97. The van der Waals surface area contributed by atoms with Gasteiger partial charge in [-0.2, -0.15) is 0 Å². The van der Waals surface area contributed by atoms with E-state index in [4.69, 9.17) is 10.5 Å². The molecule has 0 aromatic rings. The van der Waals surface area contributed by atoms with Crippen LogP contribution < -0.4 is 5.73 Å². The van der Waals surface area contributed by atoms with Crippen LogP contribution in [0, 0.1) is 0 Å². The van der Waals surface area contributed by atoms with E-state index >= 15 is 0 Å². The van der Waals surface area contributed by atoms with E-state index in [1.807, 2.05) is 0 Å². The molecule has 0 aromatic carbocycles. The second-order valence-corrected chi connectivity index (χ2v) is 5.88. The number of esters is 1. The molecule has 0 fully saturated rings. The Morgan fingerprint density at radius 2 is 1.79 bits per heavy atom. The van der Waals surface area contributed by atoms with E-state index in [2.05, 4.69) is 6.92 Å². The smallest absolute Gasteiger partial charge is 0.356 e. The van der Waals surface area contributed by atoms with Crippen LogP contribution in [0.4, 0.5) is 0 Å². The quantitative estimate of drug-likeness (QED) is 0.510. The van der Waals surface area contributed by atoms with Crippen molar-refractivity contribution in [3.05, 3.63) is 11.9 Å². The average Bonchev–Trinajstić information content (AvgIpc) is 2.55. The Bertz CT molecular complexity index is 490.